The Hall–Kier alpha value is -3.08. The average Bonchev–Trinajstić information content (AvgIpc) is 2.82. The Morgan fingerprint density at radius 2 is 1.97 bits per heavy atom. The van der Waals surface area contributed by atoms with Gasteiger partial charge in [0.25, 0.3) is 5.91 Å². The molecule has 2 aliphatic heterocycles. The van der Waals surface area contributed by atoms with Crippen molar-refractivity contribution in [1.82, 2.24) is 24.8 Å². The van der Waals surface area contributed by atoms with Gasteiger partial charge in [-0.3, -0.25) is 14.3 Å². The molecule has 1 amide bonds. The molecule has 2 N–H and O–H groups in total. The number of hydrogen-bond donors (Lipinski definition) is 2. The number of benzene rings is 1. The SMILES string of the molecule is CCn1c(=O)[nH]c2cc(CN3CCN(c4ccc(C(=O)NC5COC5)nc4C)CC3)ccc2c1=S. The molecule has 0 spiro atoms. The van der Waals surface area contributed by atoms with Crippen molar-refractivity contribution >= 4 is 34.7 Å². The average molecular weight is 495 g/mol. The number of H-pyrrole nitrogens is 1. The third kappa shape index (κ3) is 4.86. The molecule has 0 atom stereocenters. The van der Waals surface area contributed by atoms with E-state index >= 15 is 0 Å². The van der Waals surface area contributed by atoms with Crippen molar-refractivity contribution in [3.63, 3.8) is 0 Å². The van der Waals surface area contributed by atoms with E-state index in [4.69, 9.17) is 17.0 Å². The second-order valence-corrected chi connectivity index (χ2v) is 9.52. The van der Waals surface area contributed by atoms with Crippen molar-refractivity contribution in [1.29, 1.82) is 0 Å². The number of piperazine rings is 1. The van der Waals surface area contributed by atoms with Gasteiger partial charge in [-0.1, -0.05) is 18.3 Å². The molecule has 0 saturated carbocycles. The minimum absolute atomic E-state index is 0.0892. The van der Waals surface area contributed by atoms with E-state index in [2.05, 4.69) is 31.2 Å². The van der Waals surface area contributed by atoms with Crippen LogP contribution in [0.3, 0.4) is 0 Å². The summed E-state index contributed by atoms with van der Waals surface area (Å²) in [6.45, 7) is 9.95. The number of carbonyl (C=O) groups excluding carboxylic acids is 1. The van der Waals surface area contributed by atoms with Gasteiger partial charge in [-0.25, -0.2) is 9.78 Å². The predicted octanol–water partition coefficient (Wildman–Crippen LogP) is 2.23. The number of nitrogens with one attached hydrogen (secondary N) is 2. The van der Waals surface area contributed by atoms with E-state index in [0.29, 0.717) is 30.1 Å². The summed E-state index contributed by atoms with van der Waals surface area (Å²) in [6.07, 6.45) is 0. The molecule has 2 aliphatic rings. The summed E-state index contributed by atoms with van der Waals surface area (Å²) in [5.74, 6) is -0.151. The van der Waals surface area contributed by atoms with Crippen LogP contribution in [0.2, 0.25) is 0 Å². The zero-order valence-corrected chi connectivity index (χ0v) is 20.9. The number of carbonyl (C=O) groups is 1. The molecule has 35 heavy (non-hydrogen) atoms. The number of rotatable bonds is 6. The van der Waals surface area contributed by atoms with Crippen LogP contribution in [-0.4, -0.2) is 70.8 Å². The molecule has 0 aliphatic carbocycles. The van der Waals surface area contributed by atoms with Crippen LogP contribution in [0.4, 0.5) is 5.69 Å². The molecule has 4 heterocycles. The van der Waals surface area contributed by atoms with Gasteiger partial charge < -0.3 is 19.9 Å². The lowest BCUT2D eigenvalue weighted by Gasteiger charge is -2.36. The summed E-state index contributed by atoms with van der Waals surface area (Å²) in [7, 11) is 0. The smallest absolute Gasteiger partial charge is 0.326 e. The number of anilines is 1. The van der Waals surface area contributed by atoms with E-state index in [0.717, 1.165) is 60.6 Å². The number of aryl methyl sites for hydroxylation is 1. The van der Waals surface area contributed by atoms with E-state index in [1.807, 2.05) is 32.0 Å². The number of pyridine rings is 1. The third-order valence-electron chi connectivity index (χ3n) is 6.75. The van der Waals surface area contributed by atoms with Crippen LogP contribution in [0, 0.1) is 11.6 Å². The van der Waals surface area contributed by atoms with Gasteiger partial charge in [0, 0.05) is 44.7 Å². The van der Waals surface area contributed by atoms with E-state index in [9.17, 15) is 9.59 Å². The lowest BCUT2D eigenvalue weighted by Crippen LogP contribution is -2.48. The molecule has 10 heteroatoms. The molecule has 1 aromatic carbocycles. The fourth-order valence-corrected chi connectivity index (χ4v) is 5.08. The fraction of sp³-hybridized carbons (Fsp3) is 0.440. The van der Waals surface area contributed by atoms with Crippen molar-refractivity contribution in [3.8, 4) is 0 Å². The first-order chi connectivity index (χ1) is 16.9. The highest BCUT2D eigenvalue weighted by molar-refractivity contribution is 7.71. The number of aromatic amines is 1. The van der Waals surface area contributed by atoms with Crippen molar-refractivity contribution < 1.29 is 9.53 Å². The highest BCUT2D eigenvalue weighted by atomic mass is 32.1. The lowest BCUT2D eigenvalue weighted by molar-refractivity contribution is -0.00355. The fourth-order valence-electron chi connectivity index (χ4n) is 4.69. The van der Waals surface area contributed by atoms with Gasteiger partial charge in [0.2, 0.25) is 0 Å². The van der Waals surface area contributed by atoms with Crippen molar-refractivity contribution in [2.45, 2.75) is 33.0 Å². The summed E-state index contributed by atoms with van der Waals surface area (Å²) >= 11 is 5.50. The zero-order valence-electron chi connectivity index (χ0n) is 20.0. The molecule has 2 saturated heterocycles. The number of hydrogen-bond acceptors (Lipinski definition) is 7. The van der Waals surface area contributed by atoms with Gasteiger partial charge in [-0.15, -0.1) is 0 Å². The molecule has 9 nitrogen and oxygen atoms in total. The molecule has 3 aromatic rings. The van der Waals surface area contributed by atoms with Gasteiger partial charge >= 0.3 is 5.69 Å². The number of ether oxygens (including phenoxy) is 1. The molecule has 0 unspecified atom stereocenters. The minimum Gasteiger partial charge on any atom is -0.377 e. The number of fused-ring (bicyclic) bond motifs is 1. The van der Waals surface area contributed by atoms with Crippen LogP contribution in [0.5, 0.6) is 0 Å². The first kappa shape index (κ1) is 23.7. The van der Waals surface area contributed by atoms with E-state index in [1.54, 1.807) is 10.6 Å². The number of nitrogens with zero attached hydrogens (tertiary/aromatic N) is 4. The Labute approximate surface area is 208 Å². The maximum absolute atomic E-state index is 12.4. The summed E-state index contributed by atoms with van der Waals surface area (Å²) < 4.78 is 7.27. The van der Waals surface area contributed by atoms with Crippen molar-refractivity contribution in [2.24, 2.45) is 0 Å². The van der Waals surface area contributed by atoms with Crippen LogP contribution in [0.1, 0.15) is 28.7 Å². The molecule has 0 bridgehead atoms. The minimum atomic E-state index is -0.166. The molecule has 184 valence electrons. The standard InChI is InChI=1S/C25H30N6O3S/c1-3-31-24(35)19-5-4-17(12-21(19)28-25(31)33)13-29-8-10-30(11-9-29)22-7-6-20(26-16(22)2)23(32)27-18-14-34-15-18/h4-7,12,18H,3,8-11,13-15H2,1-2H3,(H,27,32)(H,28,33). The van der Waals surface area contributed by atoms with Crippen molar-refractivity contribution in [3.05, 3.63) is 62.4 Å². The molecule has 2 aromatic heterocycles. The monoisotopic (exact) mass is 494 g/mol. The first-order valence-electron chi connectivity index (χ1n) is 12.0. The van der Waals surface area contributed by atoms with Gasteiger partial charge in [0.05, 0.1) is 36.2 Å². The summed E-state index contributed by atoms with van der Waals surface area (Å²) in [4.78, 5) is 36.9. The van der Waals surface area contributed by atoms with Gasteiger partial charge in [0.1, 0.15) is 10.3 Å². The molecular formula is C25H30N6O3S. The second kappa shape index (κ2) is 9.88. The normalized spacial score (nSPS) is 16.9. The molecular weight excluding hydrogens is 464 g/mol. The second-order valence-electron chi connectivity index (χ2n) is 9.13. The van der Waals surface area contributed by atoms with E-state index in [-0.39, 0.29) is 17.6 Å². The van der Waals surface area contributed by atoms with Gasteiger partial charge in [0.15, 0.2) is 0 Å². The maximum atomic E-state index is 12.4. The summed E-state index contributed by atoms with van der Waals surface area (Å²) in [6, 6.07) is 10.0. The Kier molecular flexibility index (Phi) is 6.68. The highest BCUT2D eigenvalue weighted by Gasteiger charge is 2.23. The topological polar surface area (TPSA) is 95.5 Å². The Morgan fingerprint density at radius 1 is 1.20 bits per heavy atom. The van der Waals surface area contributed by atoms with Crippen molar-refractivity contribution in [2.75, 3.05) is 44.3 Å². The highest BCUT2D eigenvalue weighted by Crippen LogP contribution is 2.22. The lowest BCUT2D eigenvalue weighted by atomic mass is 10.1. The maximum Gasteiger partial charge on any atom is 0.326 e. The zero-order chi connectivity index (χ0) is 24.5. The molecule has 2 fully saturated rings. The summed E-state index contributed by atoms with van der Waals surface area (Å²) in [5.41, 5.74) is 4.14. The van der Waals surface area contributed by atoms with Crippen LogP contribution < -0.4 is 15.9 Å². The summed E-state index contributed by atoms with van der Waals surface area (Å²) in [5, 5.41) is 3.84. The predicted molar refractivity (Wildman–Crippen MR) is 138 cm³/mol. The van der Waals surface area contributed by atoms with Gasteiger partial charge in [-0.05, 0) is 43.7 Å². The van der Waals surface area contributed by atoms with Gasteiger partial charge in [-0.2, -0.15) is 0 Å². The molecule has 5 rings (SSSR count). The van der Waals surface area contributed by atoms with Crippen LogP contribution in [0.25, 0.3) is 10.9 Å². The number of aromatic nitrogens is 3. The first-order valence-corrected chi connectivity index (χ1v) is 12.4. The Morgan fingerprint density at radius 3 is 2.63 bits per heavy atom. The number of amides is 1. The van der Waals surface area contributed by atoms with Crippen LogP contribution in [0.15, 0.2) is 35.1 Å². The largest absolute Gasteiger partial charge is 0.377 e. The molecule has 0 radical (unpaired) electrons. The quantitative estimate of drug-likeness (QED) is 0.508. The third-order valence-corrected chi connectivity index (χ3v) is 7.19. The van der Waals surface area contributed by atoms with E-state index < -0.39 is 0 Å². The Balaban J connectivity index is 1.22. The van der Waals surface area contributed by atoms with Crippen LogP contribution in [-0.2, 0) is 17.8 Å². The van der Waals surface area contributed by atoms with E-state index in [1.165, 1.54) is 0 Å². The Bertz CT molecular complexity index is 1370. The van der Waals surface area contributed by atoms with Crippen LogP contribution >= 0.6 is 12.2 Å².